The van der Waals surface area contributed by atoms with Crippen LogP contribution < -0.4 is 0 Å². The van der Waals surface area contributed by atoms with E-state index < -0.39 is 0 Å². The van der Waals surface area contributed by atoms with Gasteiger partial charge in [-0.3, -0.25) is 0 Å². The first-order valence-electron chi connectivity index (χ1n) is 4.78. The maximum Gasteiger partial charge on any atom is 0.0631 e. The van der Waals surface area contributed by atoms with Gasteiger partial charge in [0, 0.05) is 0 Å². The van der Waals surface area contributed by atoms with Crippen LogP contribution in [0, 0.1) is 17.3 Å². The van der Waals surface area contributed by atoms with Gasteiger partial charge < -0.3 is 4.74 Å². The highest BCUT2D eigenvalue weighted by molar-refractivity contribution is 5.03. The molecule has 2 bridgehead atoms. The van der Waals surface area contributed by atoms with Gasteiger partial charge in [0.15, 0.2) is 0 Å². The normalized spacial score (nSPS) is 46.6. The van der Waals surface area contributed by atoms with Crippen LogP contribution in [-0.2, 0) is 4.74 Å². The molecule has 0 aromatic carbocycles. The fourth-order valence-corrected chi connectivity index (χ4v) is 2.76. The molecule has 0 amide bonds. The van der Waals surface area contributed by atoms with Crippen LogP contribution in [0.15, 0.2) is 0 Å². The summed E-state index contributed by atoms with van der Waals surface area (Å²) in [5.41, 5.74) is 0.485. The van der Waals surface area contributed by atoms with Gasteiger partial charge in [0.25, 0.3) is 0 Å². The second-order valence-electron chi connectivity index (χ2n) is 4.65. The smallest absolute Gasteiger partial charge is 0.0631 e. The van der Waals surface area contributed by atoms with Gasteiger partial charge in [0.1, 0.15) is 0 Å². The van der Waals surface area contributed by atoms with Gasteiger partial charge in [-0.15, -0.1) is 0 Å². The van der Waals surface area contributed by atoms with Crippen molar-refractivity contribution in [2.75, 3.05) is 6.61 Å². The zero-order valence-electron chi connectivity index (χ0n) is 7.76. The molecule has 3 rings (SSSR count). The Bertz CT molecular complexity index is 160. The zero-order valence-corrected chi connectivity index (χ0v) is 7.76. The summed E-state index contributed by atoms with van der Waals surface area (Å²) in [4.78, 5) is 0. The quantitative estimate of drug-likeness (QED) is 0.563. The van der Waals surface area contributed by atoms with Gasteiger partial charge in [-0.2, -0.15) is 0 Å². The lowest BCUT2D eigenvalue weighted by Crippen LogP contribution is -2.59. The van der Waals surface area contributed by atoms with E-state index in [9.17, 15) is 0 Å². The summed E-state index contributed by atoms with van der Waals surface area (Å²) < 4.78 is 5.76. The molecule has 0 aromatic heterocycles. The Morgan fingerprint density at radius 2 is 2.18 bits per heavy atom. The number of rotatable bonds is 1. The molecular weight excluding hydrogens is 136 g/mol. The molecule has 3 aliphatic rings. The van der Waals surface area contributed by atoms with Crippen LogP contribution >= 0.6 is 0 Å². The predicted molar refractivity (Wildman–Crippen MR) is 45.4 cm³/mol. The molecule has 0 spiro atoms. The second-order valence-corrected chi connectivity index (χ2v) is 4.65. The van der Waals surface area contributed by atoms with Crippen molar-refractivity contribution in [2.24, 2.45) is 17.3 Å². The van der Waals surface area contributed by atoms with E-state index in [1.54, 1.807) is 0 Å². The van der Waals surface area contributed by atoms with E-state index in [-0.39, 0.29) is 0 Å². The van der Waals surface area contributed by atoms with E-state index in [1.165, 1.54) is 12.8 Å². The summed E-state index contributed by atoms with van der Waals surface area (Å²) in [5.74, 6) is 1.79. The molecule has 1 nitrogen and oxygen atoms in total. The Morgan fingerprint density at radius 3 is 2.55 bits per heavy atom. The maximum absolute atomic E-state index is 5.76. The highest BCUT2D eigenvalue weighted by Gasteiger charge is 2.54. The third-order valence-electron chi connectivity index (χ3n) is 3.86. The topological polar surface area (TPSA) is 9.23 Å². The number of hydrogen-bond acceptors (Lipinski definition) is 1. The zero-order chi connectivity index (χ0) is 8.06. The molecule has 3 atom stereocenters. The molecule has 1 saturated carbocycles. The van der Waals surface area contributed by atoms with Gasteiger partial charge in [0.2, 0.25) is 0 Å². The van der Waals surface area contributed by atoms with Crippen molar-refractivity contribution in [3.05, 3.63) is 0 Å². The summed E-state index contributed by atoms with van der Waals surface area (Å²) in [7, 11) is 0. The average molecular weight is 154 g/mol. The predicted octanol–water partition coefficient (Wildman–Crippen LogP) is 2.46. The van der Waals surface area contributed by atoms with E-state index in [0.29, 0.717) is 11.5 Å². The van der Waals surface area contributed by atoms with Crippen LogP contribution in [0.25, 0.3) is 0 Å². The van der Waals surface area contributed by atoms with E-state index in [4.69, 9.17) is 4.74 Å². The summed E-state index contributed by atoms with van der Waals surface area (Å²) >= 11 is 0. The first kappa shape index (κ1) is 7.60. The third kappa shape index (κ3) is 0.868. The van der Waals surface area contributed by atoms with Crippen molar-refractivity contribution in [3.8, 4) is 0 Å². The Kier molecular flexibility index (Phi) is 1.54. The van der Waals surface area contributed by atoms with Gasteiger partial charge >= 0.3 is 0 Å². The lowest BCUT2D eigenvalue weighted by molar-refractivity contribution is -0.221. The fourth-order valence-electron chi connectivity index (χ4n) is 2.76. The Balaban J connectivity index is 2.10. The minimum absolute atomic E-state index is 0.485. The van der Waals surface area contributed by atoms with Crippen LogP contribution in [0.5, 0.6) is 0 Å². The van der Waals surface area contributed by atoms with Gasteiger partial charge in [0.05, 0.1) is 12.7 Å². The van der Waals surface area contributed by atoms with E-state index in [1.807, 2.05) is 0 Å². The average Bonchev–Trinajstić information content (AvgIpc) is 2.04. The minimum Gasteiger partial charge on any atom is -0.377 e. The van der Waals surface area contributed by atoms with Crippen LogP contribution in [0.3, 0.4) is 0 Å². The Hall–Kier alpha value is -0.0400. The summed E-state index contributed by atoms with van der Waals surface area (Å²) in [6, 6.07) is 0. The van der Waals surface area contributed by atoms with E-state index in [0.717, 1.165) is 18.4 Å². The number of ether oxygens (including phenoxy) is 1. The van der Waals surface area contributed by atoms with Crippen molar-refractivity contribution in [1.82, 2.24) is 0 Å². The molecule has 2 aliphatic heterocycles. The van der Waals surface area contributed by atoms with Crippen molar-refractivity contribution in [3.63, 3.8) is 0 Å². The summed E-state index contributed by atoms with van der Waals surface area (Å²) in [6.45, 7) is 8.01. The molecule has 0 N–H and O–H groups in total. The SMILES string of the molecule is CCC1COC2CC1C2(C)C. The number of fused-ring (bicyclic) bond motifs is 2. The highest BCUT2D eigenvalue weighted by Crippen LogP contribution is 2.55. The summed E-state index contributed by atoms with van der Waals surface area (Å²) in [5, 5.41) is 0. The van der Waals surface area contributed by atoms with Gasteiger partial charge in [-0.25, -0.2) is 0 Å². The van der Waals surface area contributed by atoms with Crippen LogP contribution in [-0.4, -0.2) is 12.7 Å². The number of hydrogen-bond donors (Lipinski definition) is 0. The lowest BCUT2D eigenvalue weighted by atomic mass is 9.54. The minimum atomic E-state index is 0.485. The van der Waals surface area contributed by atoms with E-state index in [2.05, 4.69) is 20.8 Å². The molecule has 0 radical (unpaired) electrons. The van der Waals surface area contributed by atoms with Crippen molar-refractivity contribution >= 4 is 0 Å². The largest absolute Gasteiger partial charge is 0.377 e. The van der Waals surface area contributed by atoms with Crippen molar-refractivity contribution in [2.45, 2.75) is 39.7 Å². The molecule has 2 saturated heterocycles. The lowest BCUT2D eigenvalue weighted by Gasteiger charge is -2.59. The molecule has 1 aliphatic carbocycles. The standard InChI is InChI=1S/C10H18O/c1-4-7-6-11-9-5-8(7)10(9,2)3/h7-9H,4-6H2,1-3H3. The molecule has 1 heteroatoms. The van der Waals surface area contributed by atoms with Crippen LogP contribution in [0.4, 0.5) is 0 Å². The van der Waals surface area contributed by atoms with Gasteiger partial charge in [-0.05, 0) is 23.7 Å². The molecule has 3 fully saturated rings. The molecule has 2 heterocycles. The van der Waals surface area contributed by atoms with Crippen LogP contribution in [0.2, 0.25) is 0 Å². The molecule has 3 unspecified atom stereocenters. The fraction of sp³-hybridized carbons (Fsp3) is 1.00. The second kappa shape index (κ2) is 2.22. The van der Waals surface area contributed by atoms with Gasteiger partial charge in [-0.1, -0.05) is 27.2 Å². The first-order chi connectivity index (χ1) is 5.16. The van der Waals surface area contributed by atoms with Crippen LogP contribution in [0.1, 0.15) is 33.6 Å². The molecule has 11 heavy (non-hydrogen) atoms. The maximum atomic E-state index is 5.76. The third-order valence-corrected chi connectivity index (χ3v) is 3.86. The monoisotopic (exact) mass is 154 g/mol. The first-order valence-corrected chi connectivity index (χ1v) is 4.78. The molecule has 0 aromatic rings. The summed E-state index contributed by atoms with van der Waals surface area (Å²) in [6.07, 6.45) is 3.20. The van der Waals surface area contributed by atoms with Crippen molar-refractivity contribution in [1.29, 1.82) is 0 Å². The Morgan fingerprint density at radius 1 is 1.45 bits per heavy atom. The van der Waals surface area contributed by atoms with Crippen molar-refractivity contribution < 1.29 is 4.74 Å². The van der Waals surface area contributed by atoms with E-state index >= 15 is 0 Å². The molecular formula is C10H18O. The highest BCUT2D eigenvalue weighted by atomic mass is 16.5. The Labute approximate surface area is 69.1 Å². The molecule has 64 valence electrons.